The van der Waals surface area contributed by atoms with Crippen LogP contribution in [0, 0.1) is 0 Å². The lowest BCUT2D eigenvalue weighted by Crippen LogP contribution is -2.18. The van der Waals surface area contributed by atoms with Crippen LogP contribution in [0.2, 0.25) is 0 Å². The van der Waals surface area contributed by atoms with Gasteiger partial charge in [0.15, 0.2) is 0 Å². The average Bonchev–Trinajstić information content (AvgIpc) is 2.14. The predicted molar refractivity (Wildman–Crippen MR) is 59.7 cm³/mol. The van der Waals surface area contributed by atoms with Gasteiger partial charge >= 0.3 is 0 Å². The Balaban J connectivity index is 2.29. The van der Waals surface area contributed by atoms with E-state index in [1.54, 1.807) is 12.1 Å². The van der Waals surface area contributed by atoms with Crippen LogP contribution in [0.25, 0.3) is 0 Å². The van der Waals surface area contributed by atoms with Gasteiger partial charge in [0.05, 0.1) is 17.6 Å². The maximum atomic E-state index is 10.6. The van der Waals surface area contributed by atoms with Crippen molar-refractivity contribution in [2.45, 2.75) is 6.42 Å². The minimum Gasteiger partial charge on any atom is -0.397 e. The number of anilines is 2. The topological polar surface area (TPSA) is 111 Å². The molecule has 0 aliphatic rings. The normalized spacial score (nSPS) is 11.3. The molecule has 0 atom stereocenters. The third-order valence-electron chi connectivity index (χ3n) is 1.70. The van der Waals surface area contributed by atoms with Crippen LogP contribution in [-0.2, 0) is 10.0 Å². The highest BCUT2D eigenvalue weighted by Crippen LogP contribution is 2.05. The van der Waals surface area contributed by atoms with Gasteiger partial charge in [0.2, 0.25) is 10.0 Å². The van der Waals surface area contributed by atoms with Crippen molar-refractivity contribution in [3.8, 4) is 0 Å². The van der Waals surface area contributed by atoms with Crippen molar-refractivity contribution in [3.63, 3.8) is 0 Å². The van der Waals surface area contributed by atoms with E-state index in [0.29, 0.717) is 24.5 Å². The molecule has 0 saturated heterocycles. The number of nitrogen functional groups attached to an aromatic ring is 1. The van der Waals surface area contributed by atoms with E-state index in [1.165, 1.54) is 6.20 Å². The summed E-state index contributed by atoms with van der Waals surface area (Å²) in [6, 6.07) is 3.45. The number of hydrogen-bond acceptors (Lipinski definition) is 5. The van der Waals surface area contributed by atoms with Crippen LogP contribution in [0.15, 0.2) is 18.3 Å². The van der Waals surface area contributed by atoms with E-state index in [1.807, 2.05) is 0 Å². The fraction of sp³-hybridized carbons (Fsp3) is 0.375. The second-order valence-electron chi connectivity index (χ2n) is 3.12. The lowest BCUT2D eigenvalue weighted by atomic mass is 10.4. The Morgan fingerprint density at radius 2 is 2.13 bits per heavy atom. The summed E-state index contributed by atoms with van der Waals surface area (Å²) in [5, 5.41) is 7.80. The van der Waals surface area contributed by atoms with Crippen LogP contribution in [0.3, 0.4) is 0 Å². The number of nitrogens with one attached hydrogen (secondary N) is 1. The van der Waals surface area contributed by atoms with Crippen LogP contribution in [0.5, 0.6) is 0 Å². The number of pyridine rings is 1. The minimum atomic E-state index is -3.37. The third kappa shape index (κ3) is 5.18. The van der Waals surface area contributed by atoms with E-state index in [-0.39, 0.29) is 5.75 Å². The molecule has 1 aromatic rings. The fourth-order valence-electron chi connectivity index (χ4n) is 1.000. The lowest BCUT2D eigenvalue weighted by Gasteiger charge is -2.04. The minimum absolute atomic E-state index is 0.0328. The molecular formula is C8H14N4O2S. The molecule has 0 aromatic carbocycles. The van der Waals surface area contributed by atoms with Gasteiger partial charge in [-0.15, -0.1) is 0 Å². The van der Waals surface area contributed by atoms with E-state index in [4.69, 9.17) is 10.9 Å². The standard InChI is InChI=1S/C8H14N4O2S/c9-7-2-3-8(12-6-7)11-4-1-5-15(10,13)14/h2-3,6H,1,4-5,9H2,(H,11,12)(H2,10,13,14). The number of aromatic nitrogens is 1. The first-order valence-corrected chi connectivity index (χ1v) is 6.15. The maximum absolute atomic E-state index is 10.6. The molecule has 0 unspecified atom stereocenters. The van der Waals surface area contributed by atoms with Crippen LogP contribution in [0.1, 0.15) is 6.42 Å². The first-order chi connectivity index (χ1) is 6.97. The van der Waals surface area contributed by atoms with E-state index >= 15 is 0 Å². The quantitative estimate of drug-likeness (QED) is 0.604. The van der Waals surface area contributed by atoms with Gasteiger partial charge in [-0.25, -0.2) is 18.5 Å². The van der Waals surface area contributed by atoms with Crippen LogP contribution >= 0.6 is 0 Å². The molecule has 15 heavy (non-hydrogen) atoms. The van der Waals surface area contributed by atoms with Crippen molar-refractivity contribution in [2.75, 3.05) is 23.3 Å². The molecule has 0 radical (unpaired) electrons. The molecule has 1 rings (SSSR count). The third-order valence-corrected chi connectivity index (χ3v) is 2.56. The van der Waals surface area contributed by atoms with Gasteiger partial charge < -0.3 is 11.1 Å². The maximum Gasteiger partial charge on any atom is 0.209 e. The fourth-order valence-corrected chi connectivity index (χ4v) is 1.55. The van der Waals surface area contributed by atoms with Crippen molar-refractivity contribution in [1.82, 2.24) is 4.98 Å². The summed E-state index contributed by atoms with van der Waals surface area (Å²) >= 11 is 0. The molecule has 6 nitrogen and oxygen atoms in total. The molecule has 0 fully saturated rings. The number of primary sulfonamides is 1. The summed E-state index contributed by atoms with van der Waals surface area (Å²) in [5.41, 5.74) is 6.04. The summed E-state index contributed by atoms with van der Waals surface area (Å²) < 4.78 is 21.2. The largest absolute Gasteiger partial charge is 0.397 e. The second-order valence-corrected chi connectivity index (χ2v) is 4.86. The molecule has 0 aliphatic carbocycles. The van der Waals surface area contributed by atoms with Crippen molar-refractivity contribution in [2.24, 2.45) is 5.14 Å². The van der Waals surface area contributed by atoms with Gasteiger partial charge in [-0.05, 0) is 18.6 Å². The van der Waals surface area contributed by atoms with Crippen molar-refractivity contribution >= 4 is 21.5 Å². The van der Waals surface area contributed by atoms with E-state index in [9.17, 15) is 8.42 Å². The monoisotopic (exact) mass is 230 g/mol. The lowest BCUT2D eigenvalue weighted by molar-refractivity contribution is 0.596. The SMILES string of the molecule is Nc1ccc(NCCCS(N)(=O)=O)nc1. The highest BCUT2D eigenvalue weighted by Gasteiger charge is 2.01. The van der Waals surface area contributed by atoms with Crippen molar-refractivity contribution in [3.05, 3.63) is 18.3 Å². The smallest absolute Gasteiger partial charge is 0.209 e. The number of sulfonamides is 1. The molecular weight excluding hydrogens is 216 g/mol. The van der Waals surface area contributed by atoms with Crippen molar-refractivity contribution < 1.29 is 8.42 Å². The summed E-state index contributed by atoms with van der Waals surface area (Å²) in [5.74, 6) is 0.633. The molecule has 0 saturated carbocycles. The van der Waals surface area contributed by atoms with Crippen LogP contribution in [-0.4, -0.2) is 25.7 Å². The first kappa shape index (κ1) is 11.7. The Labute approximate surface area is 88.7 Å². The molecule has 0 spiro atoms. The molecule has 5 N–H and O–H groups in total. The van der Waals surface area contributed by atoms with Gasteiger partial charge in [0.25, 0.3) is 0 Å². The van der Waals surface area contributed by atoms with E-state index in [2.05, 4.69) is 10.3 Å². The van der Waals surface area contributed by atoms with Gasteiger partial charge in [0.1, 0.15) is 5.82 Å². The second kappa shape index (κ2) is 4.94. The van der Waals surface area contributed by atoms with E-state index in [0.717, 1.165) is 0 Å². The van der Waals surface area contributed by atoms with Gasteiger partial charge in [0, 0.05) is 6.54 Å². The molecule has 7 heteroatoms. The van der Waals surface area contributed by atoms with Gasteiger partial charge in [-0.2, -0.15) is 0 Å². The Kier molecular flexibility index (Phi) is 3.87. The predicted octanol–water partition coefficient (Wildman–Crippen LogP) is -0.246. The summed E-state index contributed by atoms with van der Waals surface area (Å²) in [4.78, 5) is 4.00. The zero-order valence-electron chi connectivity index (χ0n) is 8.18. The highest BCUT2D eigenvalue weighted by atomic mass is 32.2. The number of rotatable bonds is 5. The summed E-state index contributed by atoms with van der Waals surface area (Å²) in [6.45, 7) is 0.507. The Bertz CT molecular complexity index is 401. The summed E-state index contributed by atoms with van der Waals surface area (Å²) in [7, 11) is -3.37. The Morgan fingerprint density at radius 1 is 1.40 bits per heavy atom. The molecule has 0 amide bonds. The zero-order chi connectivity index (χ0) is 11.3. The number of hydrogen-bond donors (Lipinski definition) is 3. The Morgan fingerprint density at radius 3 is 2.67 bits per heavy atom. The first-order valence-electron chi connectivity index (χ1n) is 4.43. The van der Waals surface area contributed by atoms with Crippen LogP contribution < -0.4 is 16.2 Å². The summed E-state index contributed by atoms with van der Waals surface area (Å²) in [6.07, 6.45) is 1.98. The zero-order valence-corrected chi connectivity index (χ0v) is 9.00. The average molecular weight is 230 g/mol. The molecule has 84 valence electrons. The number of nitrogens with zero attached hydrogens (tertiary/aromatic N) is 1. The van der Waals surface area contributed by atoms with Crippen LogP contribution in [0.4, 0.5) is 11.5 Å². The molecule has 1 heterocycles. The van der Waals surface area contributed by atoms with E-state index < -0.39 is 10.0 Å². The molecule has 1 aromatic heterocycles. The van der Waals surface area contributed by atoms with Crippen molar-refractivity contribution in [1.29, 1.82) is 0 Å². The molecule has 0 aliphatic heterocycles. The highest BCUT2D eigenvalue weighted by molar-refractivity contribution is 7.89. The Hall–Kier alpha value is -1.34. The van der Waals surface area contributed by atoms with Gasteiger partial charge in [-0.1, -0.05) is 0 Å². The van der Waals surface area contributed by atoms with Gasteiger partial charge in [-0.3, -0.25) is 0 Å². The number of nitrogens with two attached hydrogens (primary N) is 2. The molecule has 0 bridgehead atoms.